The van der Waals surface area contributed by atoms with Gasteiger partial charge in [-0.3, -0.25) is 18.6 Å². The van der Waals surface area contributed by atoms with Crippen molar-refractivity contribution < 1.29 is 37.9 Å². The lowest BCUT2D eigenvalue weighted by molar-refractivity contribution is -0.147. The van der Waals surface area contributed by atoms with E-state index in [2.05, 4.69) is 28.9 Å². The molecule has 0 radical (unpaired) electrons. The average molecular weight is 564 g/mol. The molecule has 0 aliphatic carbocycles. The van der Waals surface area contributed by atoms with Crippen LogP contribution in [0.3, 0.4) is 0 Å². The number of aliphatic hydroxyl groups excluding tert-OH is 1. The maximum absolute atomic E-state index is 11.9. The lowest BCUT2D eigenvalue weighted by Gasteiger charge is -2.15. The number of esters is 1. The number of nitrogens with one attached hydrogen (secondary N) is 1. The Morgan fingerprint density at radius 2 is 1.37 bits per heavy atom. The van der Waals surface area contributed by atoms with Gasteiger partial charge >= 0.3 is 13.8 Å². The summed E-state index contributed by atoms with van der Waals surface area (Å²) in [7, 11) is -4.38. The molecule has 0 saturated carbocycles. The van der Waals surface area contributed by atoms with Gasteiger partial charge in [-0.15, -0.1) is 0 Å². The standard InChI is InChI=1S/C28H54NO8P/c1-3-5-6-7-8-9-10-11-12-13-14-15-16-17-18-19-21-27(31)29-22-23-36-38(33,34)37-25-26(30)24-35-28(32)20-4-2/h12-13,26,30H,3-11,14-25H2,1-2H3,(H,29,31)(H,33,34)/b13-12-. The highest BCUT2D eigenvalue weighted by Crippen LogP contribution is 2.42. The highest BCUT2D eigenvalue weighted by atomic mass is 31.2. The average Bonchev–Trinajstić information content (AvgIpc) is 2.88. The minimum Gasteiger partial charge on any atom is -0.463 e. The summed E-state index contributed by atoms with van der Waals surface area (Å²) in [5.74, 6) is -0.581. The van der Waals surface area contributed by atoms with Crippen molar-refractivity contribution in [3.05, 3.63) is 12.2 Å². The minimum absolute atomic E-state index is 0.0785. The van der Waals surface area contributed by atoms with Crippen molar-refractivity contribution in [1.82, 2.24) is 5.32 Å². The largest absolute Gasteiger partial charge is 0.472 e. The Balaban J connectivity index is 3.56. The molecule has 2 unspecified atom stereocenters. The molecule has 0 aliphatic rings. The summed E-state index contributed by atoms with van der Waals surface area (Å²) in [6, 6.07) is 0. The molecule has 0 rings (SSSR count). The first kappa shape index (κ1) is 36.8. The molecule has 9 nitrogen and oxygen atoms in total. The second kappa shape index (κ2) is 26.0. The van der Waals surface area contributed by atoms with Crippen molar-refractivity contribution in [1.29, 1.82) is 0 Å². The van der Waals surface area contributed by atoms with Crippen molar-refractivity contribution in [2.24, 2.45) is 0 Å². The van der Waals surface area contributed by atoms with Gasteiger partial charge in [-0.1, -0.05) is 83.8 Å². The second-order valence-corrected chi connectivity index (χ2v) is 11.2. The molecule has 0 saturated heterocycles. The van der Waals surface area contributed by atoms with E-state index in [1.165, 1.54) is 64.2 Å². The minimum atomic E-state index is -4.38. The molecule has 10 heteroatoms. The lowest BCUT2D eigenvalue weighted by Crippen LogP contribution is -2.27. The Morgan fingerprint density at radius 1 is 0.789 bits per heavy atom. The fourth-order valence-electron chi connectivity index (χ4n) is 3.70. The Labute approximate surface area is 230 Å². The van der Waals surface area contributed by atoms with Crippen LogP contribution >= 0.6 is 7.82 Å². The number of carbonyl (C=O) groups excluding carboxylic acids is 2. The van der Waals surface area contributed by atoms with Crippen LogP contribution in [0.4, 0.5) is 0 Å². The van der Waals surface area contributed by atoms with Crippen LogP contribution in [-0.4, -0.2) is 54.3 Å². The first-order chi connectivity index (χ1) is 18.3. The normalized spacial score (nSPS) is 13.9. The summed E-state index contributed by atoms with van der Waals surface area (Å²) in [6.07, 6.45) is 21.7. The summed E-state index contributed by atoms with van der Waals surface area (Å²) in [4.78, 5) is 32.8. The zero-order chi connectivity index (χ0) is 28.3. The smallest absolute Gasteiger partial charge is 0.463 e. The Morgan fingerprint density at radius 3 is 1.97 bits per heavy atom. The van der Waals surface area contributed by atoms with Gasteiger partial charge in [-0.2, -0.15) is 0 Å². The molecule has 0 fully saturated rings. The molecule has 0 spiro atoms. The van der Waals surface area contributed by atoms with E-state index in [1.807, 2.05) is 6.92 Å². The zero-order valence-corrected chi connectivity index (χ0v) is 24.8. The topological polar surface area (TPSA) is 131 Å². The molecule has 1 amide bonds. The number of amides is 1. The van der Waals surface area contributed by atoms with Crippen molar-refractivity contribution in [3.63, 3.8) is 0 Å². The third kappa shape index (κ3) is 26.4. The van der Waals surface area contributed by atoms with Crippen LogP contribution < -0.4 is 5.32 Å². The van der Waals surface area contributed by atoms with E-state index < -0.39 is 26.5 Å². The van der Waals surface area contributed by atoms with Crippen molar-refractivity contribution in [2.45, 2.75) is 129 Å². The molecule has 38 heavy (non-hydrogen) atoms. The summed E-state index contributed by atoms with van der Waals surface area (Å²) >= 11 is 0. The van der Waals surface area contributed by atoms with E-state index in [4.69, 9.17) is 9.26 Å². The molecule has 0 aromatic rings. The van der Waals surface area contributed by atoms with E-state index in [9.17, 15) is 24.2 Å². The molecule has 2 atom stereocenters. The van der Waals surface area contributed by atoms with Crippen molar-refractivity contribution in [2.75, 3.05) is 26.4 Å². The van der Waals surface area contributed by atoms with Gasteiger partial charge in [0.1, 0.15) is 12.7 Å². The van der Waals surface area contributed by atoms with Gasteiger partial charge in [0, 0.05) is 19.4 Å². The summed E-state index contributed by atoms with van der Waals surface area (Å²) in [6.45, 7) is 3.10. The van der Waals surface area contributed by atoms with Gasteiger partial charge in [0.05, 0.1) is 13.2 Å². The molecule has 224 valence electrons. The van der Waals surface area contributed by atoms with Crippen LogP contribution in [0, 0.1) is 0 Å². The predicted octanol–water partition coefficient (Wildman–Crippen LogP) is 6.37. The predicted molar refractivity (Wildman–Crippen MR) is 151 cm³/mol. The van der Waals surface area contributed by atoms with Gasteiger partial charge in [-0.05, 0) is 38.5 Å². The number of hydrogen-bond acceptors (Lipinski definition) is 7. The number of unbranched alkanes of at least 4 members (excludes halogenated alkanes) is 12. The first-order valence-electron chi connectivity index (χ1n) is 14.7. The molecule has 0 aliphatic heterocycles. The maximum atomic E-state index is 11.9. The monoisotopic (exact) mass is 563 g/mol. The first-order valence-corrected chi connectivity index (χ1v) is 16.2. The Hall–Kier alpha value is -1.25. The van der Waals surface area contributed by atoms with Crippen molar-refractivity contribution >= 4 is 19.7 Å². The van der Waals surface area contributed by atoms with Crippen LogP contribution in [-0.2, 0) is 27.9 Å². The maximum Gasteiger partial charge on any atom is 0.472 e. The third-order valence-corrected chi connectivity index (χ3v) is 6.90. The van der Waals surface area contributed by atoms with Gasteiger partial charge in [-0.25, -0.2) is 4.57 Å². The van der Waals surface area contributed by atoms with Crippen molar-refractivity contribution in [3.8, 4) is 0 Å². The fraction of sp³-hybridized carbons (Fsp3) is 0.857. The quantitative estimate of drug-likeness (QED) is 0.0455. The fourth-order valence-corrected chi connectivity index (χ4v) is 4.46. The van der Waals surface area contributed by atoms with Crippen LogP contribution in [0.5, 0.6) is 0 Å². The van der Waals surface area contributed by atoms with E-state index in [1.54, 1.807) is 0 Å². The van der Waals surface area contributed by atoms with Crippen LogP contribution in [0.25, 0.3) is 0 Å². The summed E-state index contributed by atoms with van der Waals surface area (Å²) in [5, 5.41) is 12.3. The number of aliphatic hydroxyl groups is 1. The van der Waals surface area contributed by atoms with Gasteiger partial charge in [0.2, 0.25) is 5.91 Å². The van der Waals surface area contributed by atoms with Crippen LogP contribution in [0.1, 0.15) is 123 Å². The Kier molecular flexibility index (Phi) is 25.1. The second-order valence-electron chi connectivity index (χ2n) is 9.72. The molecular formula is C28H54NO8P. The molecule has 3 N–H and O–H groups in total. The summed E-state index contributed by atoms with van der Waals surface area (Å²) in [5.41, 5.74) is 0. The van der Waals surface area contributed by atoms with E-state index in [0.29, 0.717) is 12.8 Å². The molecular weight excluding hydrogens is 509 g/mol. The third-order valence-electron chi connectivity index (χ3n) is 5.92. The molecule has 0 aromatic heterocycles. The number of ether oxygens (including phenoxy) is 1. The number of hydrogen-bond donors (Lipinski definition) is 3. The lowest BCUT2D eigenvalue weighted by atomic mass is 10.1. The highest BCUT2D eigenvalue weighted by Gasteiger charge is 2.23. The zero-order valence-electron chi connectivity index (χ0n) is 23.9. The van der Waals surface area contributed by atoms with E-state index >= 15 is 0 Å². The van der Waals surface area contributed by atoms with E-state index in [0.717, 1.165) is 25.7 Å². The van der Waals surface area contributed by atoms with Gasteiger partial charge in [0.25, 0.3) is 0 Å². The molecule has 0 bridgehead atoms. The van der Waals surface area contributed by atoms with Crippen LogP contribution in [0.2, 0.25) is 0 Å². The number of rotatable bonds is 27. The SMILES string of the molecule is CCCCCCCCC/C=C\CCCCCCCC(=O)NCCOP(=O)(O)OCC(O)COC(=O)CCC. The number of allylic oxidation sites excluding steroid dienone is 2. The molecule has 0 heterocycles. The molecule has 0 aromatic carbocycles. The number of phosphoric acid groups is 1. The Bertz CT molecular complexity index is 659. The highest BCUT2D eigenvalue weighted by molar-refractivity contribution is 7.47. The van der Waals surface area contributed by atoms with Gasteiger partial charge < -0.3 is 20.1 Å². The number of carbonyl (C=O) groups is 2. The number of phosphoric ester groups is 1. The van der Waals surface area contributed by atoms with Gasteiger partial charge in [0.15, 0.2) is 0 Å². The van der Waals surface area contributed by atoms with Crippen LogP contribution in [0.15, 0.2) is 12.2 Å². The summed E-state index contributed by atoms with van der Waals surface area (Å²) < 4.78 is 26.1. The van der Waals surface area contributed by atoms with E-state index in [-0.39, 0.29) is 32.1 Å².